The molecule has 0 spiro atoms. The Morgan fingerprint density at radius 1 is 1.38 bits per heavy atom. The molecule has 0 saturated heterocycles. The Balaban J connectivity index is 3.36. The molecule has 0 aliphatic carbocycles. The molecule has 0 aromatic heterocycles. The zero-order chi connectivity index (χ0) is 10.3. The Morgan fingerprint density at radius 2 is 2.00 bits per heavy atom. The number of sulfone groups is 1. The van der Waals surface area contributed by atoms with Crippen molar-refractivity contribution in [1.29, 1.82) is 0 Å². The monoisotopic (exact) mass is 207 g/mol. The van der Waals surface area contributed by atoms with Crippen LogP contribution in [-0.4, -0.2) is 33.0 Å². The van der Waals surface area contributed by atoms with Crippen molar-refractivity contribution in [3.8, 4) is 0 Å². The van der Waals surface area contributed by atoms with Crippen molar-refractivity contribution in [3.05, 3.63) is 0 Å². The molecule has 0 saturated carbocycles. The second-order valence-electron chi connectivity index (χ2n) is 3.63. The lowest BCUT2D eigenvalue weighted by atomic mass is 10.2. The number of rotatable bonds is 7. The lowest BCUT2D eigenvalue weighted by Crippen LogP contribution is -2.27. The van der Waals surface area contributed by atoms with Gasteiger partial charge in [0.25, 0.3) is 0 Å². The molecule has 0 fully saturated rings. The first-order valence-corrected chi connectivity index (χ1v) is 6.93. The Labute approximate surface area is 81.8 Å². The quantitative estimate of drug-likeness (QED) is 0.638. The Bertz CT molecular complexity index is 212. The Hall–Kier alpha value is -0.0900. The second-order valence-corrected chi connectivity index (χ2v) is 5.89. The predicted octanol–water partition coefficient (Wildman–Crippen LogP) is 1.20. The van der Waals surface area contributed by atoms with E-state index in [0.717, 1.165) is 13.0 Å². The molecule has 3 nitrogen and oxygen atoms in total. The molecule has 0 aromatic carbocycles. The van der Waals surface area contributed by atoms with Gasteiger partial charge in [-0.25, -0.2) is 8.42 Å². The van der Waals surface area contributed by atoms with Gasteiger partial charge in [-0.15, -0.1) is 0 Å². The van der Waals surface area contributed by atoms with E-state index in [4.69, 9.17) is 0 Å². The molecule has 1 atom stereocenters. The van der Waals surface area contributed by atoms with Crippen LogP contribution in [0.4, 0.5) is 0 Å². The fourth-order valence-corrected chi connectivity index (χ4v) is 1.89. The van der Waals surface area contributed by atoms with Gasteiger partial charge in [0, 0.05) is 12.3 Å². The molecule has 0 aliphatic rings. The van der Waals surface area contributed by atoms with Gasteiger partial charge in [-0.05, 0) is 26.3 Å². The molecule has 0 heterocycles. The SMILES string of the molecule is CCCC(C)NCCCS(C)(=O)=O. The van der Waals surface area contributed by atoms with Gasteiger partial charge in [0.15, 0.2) is 0 Å². The maximum Gasteiger partial charge on any atom is 0.147 e. The molecule has 1 N–H and O–H groups in total. The summed E-state index contributed by atoms with van der Waals surface area (Å²) in [6.45, 7) is 5.08. The molecule has 13 heavy (non-hydrogen) atoms. The first-order valence-electron chi connectivity index (χ1n) is 4.87. The summed E-state index contributed by atoms with van der Waals surface area (Å²) in [7, 11) is -2.77. The average Bonchev–Trinajstić information content (AvgIpc) is 1.97. The van der Waals surface area contributed by atoms with E-state index in [2.05, 4.69) is 19.2 Å². The largest absolute Gasteiger partial charge is 0.314 e. The maximum atomic E-state index is 10.8. The summed E-state index contributed by atoms with van der Waals surface area (Å²) in [5, 5.41) is 3.29. The molecule has 0 radical (unpaired) electrons. The van der Waals surface area contributed by atoms with Crippen LogP contribution in [0.5, 0.6) is 0 Å². The van der Waals surface area contributed by atoms with Crippen LogP contribution in [0.3, 0.4) is 0 Å². The van der Waals surface area contributed by atoms with E-state index in [-0.39, 0.29) is 0 Å². The minimum absolute atomic E-state index is 0.291. The molecule has 0 amide bonds. The summed E-state index contributed by atoms with van der Waals surface area (Å²) in [6, 6.07) is 0.504. The van der Waals surface area contributed by atoms with Gasteiger partial charge in [0.05, 0.1) is 5.75 Å². The molecule has 4 heteroatoms. The lowest BCUT2D eigenvalue weighted by Gasteiger charge is -2.11. The molecule has 0 aliphatic heterocycles. The van der Waals surface area contributed by atoms with E-state index >= 15 is 0 Å². The molecule has 1 unspecified atom stereocenters. The third-order valence-electron chi connectivity index (χ3n) is 1.91. The number of hydrogen-bond acceptors (Lipinski definition) is 3. The fraction of sp³-hybridized carbons (Fsp3) is 1.00. The van der Waals surface area contributed by atoms with Crippen LogP contribution in [0.15, 0.2) is 0 Å². The number of nitrogens with one attached hydrogen (secondary N) is 1. The lowest BCUT2D eigenvalue weighted by molar-refractivity contribution is 0.507. The van der Waals surface area contributed by atoms with Gasteiger partial charge < -0.3 is 5.32 Å². The Morgan fingerprint density at radius 3 is 2.46 bits per heavy atom. The van der Waals surface area contributed by atoms with Gasteiger partial charge in [-0.3, -0.25) is 0 Å². The van der Waals surface area contributed by atoms with Crippen LogP contribution in [-0.2, 0) is 9.84 Å². The van der Waals surface area contributed by atoms with Crippen molar-refractivity contribution in [2.24, 2.45) is 0 Å². The van der Waals surface area contributed by atoms with E-state index in [1.54, 1.807) is 0 Å². The van der Waals surface area contributed by atoms with E-state index in [0.29, 0.717) is 18.2 Å². The molecular weight excluding hydrogens is 186 g/mol. The van der Waals surface area contributed by atoms with E-state index < -0.39 is 9.84 Å². The van der Waals surface area contributed by atoms with E-state index in [1.807, 2.05) is 0 Å². The highest BCUT2D eigenvalue weighted by molar-refractivity contribution is 7.90. The number of hydrogen-bond donors (Lipinski definition) is 1. The smallest absolute Gasteiger partial charge is 0.147 e. The van der Waals surface area contributed by atoms with Crippen molar-refractivity contribution in [2.75, 3.05) is 18.6 Å². The summed E-state index contributed by atoms with van der Waals surface area (Å²) in [5.41, 5.74) is 0. The highest BCUT2D eigenvalue weighted by Crippen LogP contribution is 1.95. The first kappa shape index (κ1) is 12.9. The van der Waals surface area contributed by atoms with Gasteiger partial charge in [-0.2, -0.15) is 0 Å². The van der Waals surface area contributed by atoms with Crippen molar-refractivity contribution >= 4 is 9.84 Å². The highest BCUT2D eigenvalue weighted by Gasteiger charge is 2.02. The summed E-state index contributed by atoms with van der Waals surface area (Å²) in [5.74, 6) is 0.291. The molecule has 0 rings (SSSR count). The van der Waals surface area contributed by atoms with Crippen molar-refractivity contribution in [1.82, 2.24) is 5.32 Å². The predicted molar refractivity (Wildman–Crippen MR) is 56.7 cm³/mol. The average molecular weight is 207 g/mol. The zero-order valence-corrected chi connectivity index (χ0v) is 9.65. The minimum atomic E-state index is -2.77. The van der Waals surface area contributed by atoms with E-state index in [9.17, 15) is 8.42 Å². The molecule has 0 bridgehead atoms. The molecule has 0 aromatic rings. The summed E-state index contributed by atoms with van der Waals surface area (Å²) >= 11 is 0. The highest BCUT2D eigenvalue weighted by atomic mass is 32.2. The summed E-state index contributed by atoms with van der Waals surface area (Å²) in [4.78, 5) is 0. The molecule has 80 valence electrons. The minimum Gasteiger partial charge on any atom is -0.314 e. The van der Waals surface area contributed by atoms with E-state index in [1.165, 1.54) is 12.7 Å². The third kappa shape index (κ3) is 9.83. The van der Waals surface area contributed by atoms with Crippen molar-refractivity contribution in [3.63, 3.8) is 0 Å². The first-order chi connectivity index (χ1) is 5.95. The van der Waals surface area contributed by atoms with Crippen LogP contribution >= 0.6 is 0 Å². The third-order valence-corrected chi connectivity index (χ3v) is 2.94. The van der Waals surface area contributed by atoms with Crippen LogP contribution in [0, 0.1) is 0 Å². The van der Waals surface area contributed by atoms with Crippen LogP contribution in [0.1, 0.15) is 33.1 Å². The van der Waals surface area contributed by atoms with Gasteiger partial charge >= 0.3 is 0 Å². The zero-order valence-electron chi connectivity index (χ0n) is 8.84. The molecular formula is C9H21NO2S. The van der Waals surface area contributed by atoms with Crippen LogP contribution in [0.2, 0.25) is 0 Å². The summed E-state index contributed by atoms with van der Waals surface area (Å²) in [6.07, 6.45) is 4.31. The Kier molecular flexibility index (Phi) is 6.33. The summed E-state index contributed by atoms with van der Waals surface area (Å²) < 4.78 is 21.5. The normalized spacial score (nSPS) is 14.4. The maximum absolute atomic E-state index is 10.8. The van der Waals surface area contributed by atoms with Crippen molar-refractivity contribution < 1.29 is 8.42 Å². The van der Waals surface area contributed by atoms with Gasteiger partial charge in [-0.1, -0.05) is 13.3 Å². The fourth-order valence-electron chi connectivity index (χ4n) is 1.22. The standard InChI is InChI=1S/C9H21NO2S/c1-4-6-9(2)10-7-5-8-13(3,11)12/h9-10H,4-8H2,1-3H3. The van der Waals surface area contributed by atoms with Crippen molar-refractivity contribution in [2.45, 2.75) is 39.2 Å². The van der Waals surface area contributed by atoms with Crippen LogP contribution in [0.25, 0.3) is 0 Å². The van der Waals surface area contributed by atoms with Gasteiger partial charge in [0.2, 0.25) is 0 Å². The van der Waals surface area contributed by atoms with Crippen LogP contribution < -0.4 is 5.32 Å². The second kappa shape index (κ2) is 6.38. The topological polar surface area (TPSA) is 46.2 Å². The van der Waals surface area contributed by atoms with Gasteiger partial charge in [0.1, 0.15) is 9.84 Å².